The Bertz CT molecular complexity index is 1250. The second-order valence-corrected chi connectivity index (χ2v) is 14.5. The number of ether oxygens (including phenoxy) is 4. The van der Waals surface area contributed by atoms with Gasteiger partial charge in [-0.1, -0.05) is 0 Å². The van der Waals surface area contributed by atoms with Crippen LogP contribution in [0, 0.1) is 5.92 Å². The molecule has 0 bridgehead atoms. The summed E-state index contributed by atoms with van der Waals surface area (Å²) in [5, 5.41) is 0. The zero-order valence-electron chi connectivity index (χ0n) is 20.0. The second kappa shape index (κ2) is 8.36. The van der Waals surface area contributed by atoms with Crippen molar-refractivity contribution in [3.63, 3.8) is 0 Å². The zero-order valence-corrected chi connectivity index (χ0v) is 23.3. The summed E-state index contributed by atoms with van der Waals surface area (Å²) < 4.78 is 22.7. The number of carbonyl (C=O) groups is 4. The maximum absolute atomic E-state index is 14.5. The maximum atomic E-state index is 14.5. The summed E-state index contributed by atoms with van der Waals surface area (Å²) in [5.41, 5.74) is 4.29. The molecule has 1 aromatic carbocycles. The first-order valence-electron chi connectivity index (χ1n) is 11.7. The number of methoxy groups -OCH3 is 1. The van der Waals surface area contributed by atoms with Crippen molar-refractivity contribution in [3.05, 3.63) is 41.6 Å². The second-order valence-electron chi connectivity index (χ2n) is 9.43. The van der Waals surface area contributed by atoms with Gasteiger partial charge in [-0.15, -0.1) is 0 Å². The van der Waals surface area contributed by atoms with E-state index in [1.54, 1.807) is 9.80 Å². The number of Topliss-reactive ketones (excluding diaryl/α,β-unsaturated/α-hetero) is 2. The van der Waals surface area contributed by atoms with Gasteiger partial charge in [0.2, 0.25) is 0 Å². The molecule has 13 heteroatoms. The first-order valence-corrected chi connectivity index (χ1v) is 14.2. The average Bonchev–Trinajstić information content (AvgIpc) is 3.17. The number of ketones is 2. The van der Waals surface area contributed by atoms with Crippen molar-refractivity contribution in [2.24, 2.45) is 11.7 Å². The molecule has 0 aromatic heterocycles. The van der Waals surface area contributed by atoms with Crippen LogP contribution in [0.3, 0.4) is 0 Å². The van der Waals surface area contributed by atoms with E-state index in [1.165, 1.54) is 14.0 Å². The number of halogens is 1. The first-order chi connectivity index (χ1) is 17.6. The van der Waals surface area contributed by atoms with Gasteiger partial charge in [0.25, 0.3) is 0 Å². The monoisotopic (exact) mass is 641 g/mol. The molecule has 5 aliphatic rings. The SMILES string of the molecule is CO[C@@]12[C@H](COC(N)=O)C3=C(C(=O)C(Br)([Se]c4ccccc4)C4(OCCO4)C3=O)N1C[C@H]1[C@@H]2N1C(C)=O. The fourth-order valence-electron chi connectivity index (χ4n) is 6.41. The van der Waals surface area contributed by atoms with Crippen molar-refractivity contribution in [1.29, 1.82) is 0 Å². The van der Waals surface area contributed by atoms with Crippen LogP contribution in [0.5, 0.6) is 0 Å². The first kappa shape index (κ1) is 25.0. The molecule has 2 amide bonds. The van der Waals surface area contributed by atoms with Crippen LogP contribution in [0.25, 0.3) is 0 Å². The predicted molar refractivity (Wildman–Crippen MR) is 131 cm³/mol. The summed E-state index contributed by atoms with van der Waals surface area (Å²) in [5.74, 6) is -3.84. The Kier molecular flexibility index (Phi) is 5.65. The summed E-state index contributed by atoms with van der Waals surface area (Å²) in [6.07, 6.45) is -1.03. The van der Waals surface area contributed by atoms with Crippen LogP contribution in [0.2, 0.25) is 0 Å². The van der Waals surface area contributed by atoms with Crippen molar-refractivity contribution in [2.75, 3.05) is 33.5 Å². The molecule has 2 N–H and O–H groups in total. The van der Waals surface area contributed by atoms with Crippen LogP contribution < -0.4 is 10.2 Å². The molecule has 0 radical (unpaired) electrons. The van der Waals surface area contributed by atoms with E-state index in [2.05, 4.69) is 15.9 Å². The van der Waals surface area contributed by atoms with E-state index in [0.29, 0.717) is 6.54 Å². The van der Waals surface area contributed by atoms with E-state index in [1.807, 2.05) is 30.3 Å². The van der Waals surface area contributed by atoms with Crippen molar-refractivity contribution < 1.29 is 38.1 Å². The summed E-state index contributed by atoms with van der Waals surface area (Å²) >= 11 is 3.05. The van der Waals surface area contributed by atoms with Crippen molar-refractivity contribution >= 4 is 58.9 Å². The fourth-order valence-corrected chi connectivity index (χ4v) is 10.4. The molecule has 11 nitrogen and oxygen atoms in total. The fraction of sp³-hybridized carbons (Fsp3) is 0.500. The van der Waals surface area contributed by atoms with Gasteiger partial charge in [0, 0.05) is 0 Å². The summed E-state index contributed by atoms with van der Waals surface area (Å²) in [7, 11) is 1.46. The Morgan fingerprint density at radius 1 is 1.19 bits per heavy atom. The number of piperazine rings is 1. The zero-order chi connectivity index (χ0) is 26.3. The van der Waals surface area contributed by atoms with E-state index in [9.17, 15) is 19.2 Å². The number of benzene rings is 1. The molecular weight excluding hydrogens is 617 g/mol. The van der Waals surface area contributed by atoms with Gasteiger partial charge in [-0.25, -0.2) is 0 Å². The molecule has 1 unspecified atom stereocenters. The number of nitrogens with zero attached hydrogens (tertiary/aromatic N) is 2. The molecular formula is C24H24BrN3O8Se. The van der Waals surface area contributed by atoms with Crippen molar-refractivity contribution in [2.45, 2.75) is 33.7 Å². The minimum absolute atomic E-state index is 0.114. The van der Waals surface area contributed by atoms with Gasteiger partial charge in [0.15, 0.2) is 0 Å². The number of primary amides is 1. The minimum atomic E-state index is -1.90. The molecule has 4 heterocycles. The summed E-state index contributed by atoms with van der Waals surface area (Å²) in [4.78, 5) is 56.4. The molecule has 37 heavy (non-hydrogen) atoms. The predicted octanol–water partition coefficient (Wildman–Crippen LogP) is -0.761. The molecule has 1 spiro atoms. The number of amides is 2. The van der Waals surface area contributed by atoms with Crippen LogP contribution in [0.15, 0.2) is 41.6 Å². The summed E-state index contributed by atoms with van der Waals surface area (Å²) in [6, 6.07) is 8.74. The Morgan fingerprint density at radius 3 is 2.46 bits per heavy atom. The Labute approximate surface area is 226 Å². The number of hydrogen-bond acceptors (Lipinski definition) is 9. The quantitative estimate of drug-likeness (QED) is 0.250. The van der Waals surface area contributed by atoms with E-state index in [0.717, 1.165) is 4.46 Å². The topological polar surface area (TPSA) is 137 Å². The van der Waals surface area contributed by atoms with Crippen LogP contribution in [-0.2, 0) is 33.3 Å². The van der Waals surface area contributed by atoms with Crippen LogP contribution in [-0.4, -0.2) is 109 Å². The van der Waals surface area contributed by atoms with E-state index in [-0.39, 0.29) is 48.8 Å². The van der Waals surface area contributed by atoms with E-state index < -0.39 is 53.5 Å². The standard InChI is InChI=1S/C24H24BrN3O8Se/c1-12(29)28-15-10-27-17-16(14(11-34-21(26)32)22(27,33-2)18(15)28)19(30)24(35-8-9-36-24)23(25,20(17)31)37-13-6-4-3-5-7-13/h3-7,14-15,18H,8-11H2,1-2H3,(H2,26,32)/t14-,15+,18+,22-,23?,28?/m1/s1. The Balaban J connectivity index is 1.52. The third-order valence-electron chi connectivity index (χ3n) is 7.77. The molecule has 1 aliphatic carbocycles. The molecule has 1 aromatic rings. The molecule has 6 rings (SSSR count). The van der Waals surface area contributed by atoms with Gasteiger partial charge in [0.1, 0.15) is 0 Å². The van der Waals surface area contributed by atoms with Crippen LogP contribution in [0.4, 0.5) is 4.79 Å². The molecule has 3 saturated heterocycles. The van der Waals surface area contributed by atoms with Gasteiger partial charge < -0.3 is 0 Å². The Hall–Kier alpha value is -2.28. The van der Waals surface area contributed by atoms with Crippen molar-refractivity contribution in [1.82, 2.24) is 9.80 Å². The molecule has 4 aliphatic heterocycles. The third-order valence-corrected chi connectivity index (χ3v) is 12.1. The molecule has 5 atom stereocenters. The number of allylic oxidation sites excluding steroid dienone is 1. The number of alkyl halides is 1. The number of carbonyl (C=O) groups excluding carboxylic acids is 4. The van der Waals surface area contributed by atoms with Gasteiger partial charge in [-0.05, 0) is 0 Å². The molecule has 196 valence electrons. The van der Waals surface area contributed by atoms with Gasteiger partial charge in [-0.3, -0.25) is 0 Å². The number of nitrogens with two attached hydrogens (primary N) is 1. The summed E-state index contributed by atoms with van der Waals surface area (Å²) in [6.45, 7) is 1.69. The number of fused-ring (bicyclic) bond motifs is 4. The van der Waals surface area contributed by atoms with Crippen LogP contribution >= 0.6 is 15.9 Å². The van der Waals surface area contributed by atoms with Crippen molar-refractivity contribution in [3.8, 4) is 0 Å². The third kappa shape index (κ3) is 3.09. The number of hydrogen-bond donors (Lipinski definition) is 1. The van der Waals surface area contributed by atoms with Gasteiger partial charge in [0.05, 0.1) is 0 Å². The molecule has 0 saturated carbocycles. The Morgan fingerprint density at radius 2 is 1.86 bits per heavy atom. The van der Waals surface area contributed by atoms with Crippen LogP contribution in [0.1, 0.15) is 6.92 Å². The number of rotatable bonds is 5. The van der Waals surface area contributed by atoms with E-state index in [4.69, 9.17) is 24.7 Å². The average molecular weight is 641 g/mol. The molecule has 3 fully saturated rings. The van der Waals surface area contributed by atoms with Gasteiger partial charge in [-0.2, -0.15) is 0 Å². The van der Waals surface area contributed by atoms with Gasteiger partial charge >= 0.3 is 227 Å². The normalized spacial score (nSPS) is 35.1. The van der Waals surface area contributed by atoms with E-state index >= 15 is 0 Å².